The van der Waals surface area contributed by atoms with E-state index in [4.69, 9.17) is 0 Å². The summed E-state index contributed by atoms with van der Waals surface area (Å²) in [7, 11) is 0. The summed E-state index contributed by atoms with van der Waals surface area (Å²) in [6.45, 7) is -1.38. The van der Waals surface area contributed by atoms with Crippen molar-refractivity contribution in [2.75, 3.05) is 13.3 Å². The Morgan fingerprint density at radius 2 is 0.736 bits per heavy atom. The van der Waals surface area contributed by atoms with Crippen LogP contribution in [0, 0.1) is 0 Å². The number of benzene rings is 8. The van der Waals surface area contributed by atoms with Gasteiger partial charge in [-0.2, -0.15) is 0 Å². The molecule has 0 radical (unpaired) electrons. The topological polar surface area (TPSA) is 0 Å². The molecule has 1 unspecified atom stereocenters. The van der Waals surface area contributed by atoms with Crippen LogP contribution in [0.15, 0.2) is 218 Å². The summed E-state index contributed by atoms with van der Waals surface area (Å²) in [6.07, 6.45) is 5.11. The number of hydrogen-bond acceptors (Lipinski definition) is 0. The van der Waals surface area contributed by atoms with Crippen LogP contribution in [0.4, 0.5) is 0 Å². The number of rotatable bonds is 8. The van der Waals surface area contributed by atoms with Crippen molar-refractivity contribution in [2.45, 2.75) is 5.66 Å². The van der Waals surface area contributed by atoms with Gasteiger partial charge in [-0.1, -0.05) is 0 Å². The van der Waals surface area contributed by atoms with Crippen LogP contribution in [0.1, 0.15) is 16.8 Å². The summed E-state index contributed by atoms with van der Waals surface area (Å²) < 4.78 is 0. The van der Waals surface area contributed by atoms with Crippen LogP contribution >= 0.6 is 13.2 Å². The van der Waals surface area contributed by atoms with Gasteiger partial charge in [0.25, 0.3) is 0 Å². The molecule has 2 heteroatoms. The molecule has 0 aliphatic heterocycles. The van der Waals surface area contributed by atoms with E-state index in [0.717, 1.165) is 0 Å². The van der Waals surface area contributed by atoms with E-state index in [0.29, 0.717) is 0 Å². The molecular weight excluding hydrogens is 675 g/mol. The molecule has 0 aromatic heterocycles. The van der Waals surface area contributed by atoms with Crippen molar-refractivity contribution < 1.29 is 0 Å². The van der Waals surface area contributed by atoms with E-state index in [1.54, 1.807) is 0 Å². The van der Waals surface area contributed by atoms with Crippen molar-refractivity contribution in [3.05, 3.63) is 230 Å². The Hall–Kier alpha value is -5.38. The summed E-state index contributed by atoms with van der Waals surface area (Å²) in [5.41, 5.74) is 2.84. The second-order valence-corrected chi connectivity index (χ2v) is 25.5. The maximum absolute atomic E-state index is 3.33. The summed E-state index contributed by atoms with van der Waals surface area (Å²) in [4.78, 5) is 0. The Morgan fingerprint density at radius 3 is 1.13 bits per heavy atom. The molecule has 258 valence electrons. The molecule has 8 aromatic rings. The van der Waals surface area contributed by atoms with Gasteiger partial charge in [-0.25, -0.2) is 0 Å². The van der Waals surface area contributed by atoms with Crippen molar-refractivity contribution in [3.63, 3.8) is 0 Å². The predicted octanol–water partition coefficient (Wildman–Crippen LogP) is 9.85. The van der Waals surface area contributed by atoms with Crippen molar-refractivity contribution in [1.29, 1.82) is 0 Å². The van der Waals surface area contributed by atoms with Gasteiger partial charge in [-0.3, -0.25) is 0 Å². The van der Waals surface area contributed by atoms with Gasteiger partial charge in [0.2, 0.25) is 0 Å². The summed E-state index contributed by atoms with van der Waals surface area (Å²) in [5.74, 6) is 0. The quantitative estimate of drug-likeness (QED) is 0.137. The van der Waals surface area contributed by atoms with Gasteiger partial charge in [0.05, 0.1) is 0 Å². The van der Waals surface area contributed by atoms with E-state index < -0.39 is 13.2 Å². The van der Waals surface area contributed by atoms with E-state index in [9.17, 15) is 0 Å². The average Bonchev–Trinajstić information content (AvgIpc) is 3.25. The molecule has 0 nitrogen and oxygen atoms in total. The molecule has 1 atom stereocenters. The van der Waals surface area contributed by atoms with Crippen molar-refractivity contribution in [3.8, 4) is 0 Å². The van der Waals surface area contributed by atoms with Crippen molar-refractivity contribution in [1.82, 2.24) is 0 Å². The first kappa shape index (κ1) is 33.5. The van der Waals surface area contributed by atoms with Gasteiger partial charge >= 0.3 is 316 Å². The van der Waals surface area contributed by atoms with Gasteiger partial charge < -0.3 is 0 Å². The molecule has 0 N–H and O–H groups in total. The second kappa shape index (κ2) is 12.6. The Labute approximate surface area is 314 Å². The Balaban J connectivity index is 1.44. The summed E-state index contributed by atoms with van der Waals surface area (Å²) in [5, 5.41) is 12.4. The first-order valence-corrected chi connectivity index (χ1v) is 24.0. The van der Waals surface area contributed by atoms with Crippen LogP contribution in [0.2, 0.25) is 0 Å². The van der Waals surface area contributed by atoms with Gasteiger partial charge in [-0.15, -0.1) is 0 Å². The zero-order valence-corrected chi connectivity index (χ0v) is 32.1. The monoisotopic (exact) mass is 718 g/mol. The van der Waals surface area contributed by atoms with Crippen LogP contribution in [0.5, 0.6) is 0 Å². The van der Waals surface area contributed by atoms with Crippen LogP contribution in [0.3, 0.4) is 0 Å². The molecule has 1 aliphatic rings. The zero-order chi connectivity index (χ0) is 36.0. The van der Waals surface area contributed by atoms with E-state index in [1.165, 1.54) is 59.0 Å². The van der Waals surface area contributed by atoms with Gasteiger partial charge in [0.1, 0.15) is 0 Å². The molecule has 53 heavy (non-hydrogen) atoms. The van der Waals surface area contributed by atoms with E-state index in [1.807, 2.05) is 0 Å². The molecule has 0 saturated carbocycles. The predicted molar refractivity (Wildman–Crippen MR) is 238 cm³/mol. The van der Waals surface area contributed by atoms with Crippen molar-refractivity contribution >= 4 is 67.2 Å². The molecule has 0 heterocycles. The van der Waals surface area contributed by atoms with Crippen LogP contribution in [-0.2, 0) is 0 Å². The SMILES string of the molecule is CP(c1ccccc1)(c1ccccc1)(c1ccccc1)c1ccc2cccc3c2c1C=CC3P(C)(c1ccccc1)(c1ccccc1)c1ccccc1. The number of hydrogen-bond donors (Lipinski definition) is 0. The van der Waals surface area contributed by atoms with Crippen LogP contribution in [0.25, 0.3) is 16.8 Å². The summed E-state index contributed by atoms with van der Waals surface area (Å²) >= 11 is 0. The molecule has 1 aliphatic carbocycles. The third-order valence-electron chi connectivity index (χ3n) is 12.6. The van der Waals surface area contributed by atoms with E-state index in [2.05, 4.69) is 238 Å². The van der Waals surface area contributed by atoms with E-state index >= 15 is 0 Å². The molecule has 0 saturated heterocycles. The number of allylic oxidation sites excluding steroid dienone is 1. The third kappa shape index (κ3) is 4.56. The molecule has 8 aromatic carbocycles. The third-order valence-corrected chi connectivity index (χ3v) is 25.7. The fraction of sp³-hybridized carbons (Fsp3) is 0.0588. The Morgan fingerprint density at radius 1 is 0.358 bits per heavy atom. The fourth-order valence-corrected chi connectivity index (χ4v) is 21.6. The fourth-order valence-electron chi connectivity index (χ4n) is 9.81. The Kier molecular flexibility index (Phi) is 7.98. The van der Waals surface area contributed by atoms with Gasteiger partial charge in [0, 0.05) is 0 Å². The molecule has 9 rings (SSSR count). The zero-order valence-electron chi connectivity index (χ0n) is 30.3. The van der Waals surface area contributed by atoms with Crippen LogP contribution in [-0.4, -0.2) is 13.3 Å². The first-order valence-electron chi connectivity index (χ1n) is 18.6. The van der Waals surface area contributed by atoms with Crippen molar-refractivity contribution in [2.24, 2.45) is 0 Å². The standard InChI is InChI=1S/C51H44P2/c1-52(41-23-9-3-10-24-41,42-25-11-4-12-26-42,43-27-13-5-14-28-43)49-38-36-40-22-21-35-47-50(39-37-48(49)51(40)47)53(2,44-29-15-6-16-30-44,45-31-17-7-18-32-45)46-33-19-8-20-34-46/h3-39,50H,1-2H3. The van der Waals surface area contributed by atoms with Gasteiger partial charge in [-0.05, 0) is 0 Å². The minimum absolute atomic E-state index is 0.104. The minimum atomic E-state index is -3.33. The first-order chi connectivity index (χ1) is 26.0. The average molecular weight is 719 g/mol. The molecule has 0 amide bonds. The molecule has 0 spiro atoms. The second-order valence-electron chi connectivity index (χ2n) is 15.0. The van der Waals surface area contributed by atoms with E-state index in [-0.39, 0.29) is 5.66 Å². The normalized spacial score (nSPS) is 15.5. The maximum atomic E-state index is 2.62. The van der Waals surface area contributed by atoms with Crippen LogP contribution < -0.4 is 37.1 Å². The van der Waals surface area contributed by atoms with Gasteiger partial charge in [0.15, 0.2) is 0 Å². The Bertz CT molecular complexity index is 2380. The summed E-state index contributed by atoms with van der Waals surface area (Å²) in [6, 6.07) is 80.0. The molecule has 0 fully saturated rings. The molecule has 0 bridgehead atoms. The molecular formula is C51H44P2.